The first-order chi connectivity index (χ1) is 13.0. The topological polar surface area (TPSA) is 104 Å². The van der Waals surface area contributed by atoms with Crippen molar-refractivity contribution in [3.8, 4) is 0 Å². The highest BCUT2D eigenvalue weighted by molar-refractivity contribution is 7.86. The van der Waals surface area contributed by atoms with E-state index < -0.39 is 51.8 Å². The molecule has 0 radical (unpaired) electrons. The van der Waals surface area contributed by atoms with Gasteiger partial charge in [0, 0.05) is 0 Å². The van der Waals surface area contributed by atoms with E-state index in [2.05, 4.69) is 0 Å². The Morgan fingerprint density at radius 3 is 2.10 bits per heavy atom. The minimum atomic E-state index is -6.56. The van der Waals surface area contributed by atoms with Gasteiger partial charge in [-0.25, -0.2) is 8.42 Å². The predicted octanol–water partition coefficient (Wildman–Crippen LogP) is 2.91. The first-order valence-corrected chi connectivity index (χ1v) is 11.0. The summed E-state index contributed by atoms with van der Waals surface area (Å²) in [5.41, 5.74) is -1.23. The van der Waals surface area contributed by atoms with E-state index in [0.29, 0.717) is 18.8 Å². The van der Waals surface area contributed by atoms with Crippen LogP contribution in [-0.4, -0.2) is 47.4 Å². The molecule has 2 atom stereocenters. The summed E-state index contributed by atoms with van der Waals surface area (Å²) in [6.45, 7) is 2.38. The fraction of sp³-hybridized carbons (Fsp3) is 0.944. The zero-order valence-electron chi connectivity index (χ0n) is 16.2. The van der Waals surface area contributed by atoms with Crippen molar-refractivity contribution in [1.82, 2.24) is 0 Å². The van der Waals surface area contributed by atoms with E-state index in [0.717, 1.165) is 19.3 Å². The molecule has 0 amide bonds. The van der Waals surface area contributed by atoms with E-state index in [-0.39, 0.29) is 17.3 Å². The molecule has 0 heterocycles. The van der Waals surface area contributed by atoms with Gasteiger partial charge >= 0.3 is 17.1 Å². The van der Waals surface area contributed by atoms with Gasteiger partial charge in [0.2, 0.25) is 0 Å². The third kappa shape index (κ3) is 3.67. The van der Waals surface area contributed by atoms with Crippen molar-refractivity contribution >= 4 is 16.1 Å². The van der Waals surface area contributed by atoms with E-state index in [9.17, 15) is 40.4 Å². The van der Waals surface area contributed by atoms with Crippen molar-refractivity contribution in [2.24, 2.45) is 29.1 Å². The second-order valence-corrected chi connectivity index (χ2v) is 10.8. The number of aliphatic hydroxyl groups is 1. The average Bonchev–Trinajstić information content (AvgIpc) is 2.51. The largest absolute Gasteiger partial charge is 0.743 e. The second kappa shape index (κ2) is 6.78. The molecule has 0 aliphatic heterocycles. The lowest BCUT2D eigenvalue weighted by Gasteiger charge is -2.62. The van der Waals surface area contributed by atoms with Gasteiger partial charge in [-0.3, -0.25) is 4.79 Å². The Hall–Kier alpha value is -0.940. The number of hydrogen-bond donors (Lipinski definition) is 1. The van der Waals surface area contributed by atoms with Crippen molar-refractivity contribution in [3.05, 3.63) is 0 Å². The van der Waals surface area contributed by atoms with Gasteiger partial charge in [-0.2, -0.15) is 17.6 Å². The number of carbonyl (C=O) groups excluding carboxylic acids is 1. The van der Waals surface area contributed by atoms with Crippen LogP contribution in [0.5, 0.6) is 0 Å². The molecule has 4 aliphatic carbocycles. The average molecular weight is 445 g/mol. The highest BCUT2D eigenvalue weighted by Crippen LogP contribution is 2.65. The molecule has 0 aromatic carbocycles. The van der Waals surface area contributed by atoms with Crippen LogP contribution >= 0.6 is 0 Å². The van der Waals surface area contributed by atoms with Crippen molar-refractivity contribution in [1.29, 1.82) is 0 Å². The molecule has 4 bridgehead atoms. The van der Waals surface area contributed by atoms with Gasteiger partial charge in [0.15, 0.2) is 10.1 Å². The Morgan fingerprint density at radius 1 is 1.14 bits per heavy atom. The summed E-state index contributed by atoms with van der Waals surface area (Å²) in [5, 5.41) is 4.85. The molecule has 2 unspecified atom stereocenters. The number of rotatable bonds is 7. The molecule has 11 heteroatoms. The molecule has 29 heavy (non-hydrogen) atoms. The smallest absolute Gasteiger partial charge is 0.396 e. The molecule has 0 aromatic rings. The number of alkyl halides is 4. The van der Waals surface area contributed by atoms with Crippen LogP contribution < -0.4 is 0 Å². The van der Waals surface area contributed by atoms with Crippen LogP contribution in [-0.2, 0) is 19.6 Å². The lowest BCUT2D eigenvalue weighted by molar-refractivity contribution is -0.200. The number of ether oxygens (including phenoxy) is 1. The summed E-state index contributed by atoms with van der Waals surface area (Å²) >= 11 is 0. The zero-order valence-corrected chi connectivity index (χ0v) is 17.0. The van der Waals surface area contributed by atoms with E-state index >= 15 is 0 Å². The van der Waals surface area contributed by atoms with Crippen molar-refractivity contribution < 1.29 is 45.2 Å². The lowest BCUT2D eigenvalue weighted by atomic mass is 9.43. The Bertz CT molecular complexity index is 760. The molecule has 168 valence electrons. The Labute approximate surface area is 166 Å². The summed E-state index contributed by atoms with van der Waals surface area (Å²) in [7, 11) is -6.56. The van der Waals surface area contributed by atoms with Crippen LogP contribution in [0.25, 0.3) is 0 Å². The molecule has 6 nitrogen and oxygen atoms in total. The molecule has 0 aromatic heterocycles. The Morgan fingerprint density at radius 2 is 1.66 bits per heavy atom. The maximum absolute atomic E-state index is 13.5. The number of esters is 1. The normalized spacial score (nSPS) is 35.0. The summed E-state index contributed by atoms with van der Waals surface area (Å²) in [6, 6.07) is 0. The first-order valence-electron chi connectivity index (χ1n) is 9.61. The van der Waals surface area contributed by atoms with E-state index in [1.807, 2.05) is 0 Å². The quantitative estimate of drug-likeness (QED) is 0.367. The first kappa shape index (κ1) is 22.7. The van der Waals surface area contributed by atoms with Crippen LogP contribution in [0.2, 0.25) is 0 Å². The summed E-state index contributed by atoms with van der Waals surface area (Å²) in [5.74, 6) is -6.27. The maximum Gasteiger partial charge on any atom is 0.396 e. The van der Waals surface area contributed by atoms with Gasteiger partial charge in [0.05, 0.1) is 24.5 Å². The summed E-state index contributed by atoms with van der Waals surface area (Å²) in [6.07, 6.45) is 1.83. The third-order valence-corrected chi connectivity index (χ3v) is 8.17. The molecule has 1 N–H and O–H groups in total. The monoisotopic (exact) mass is 445 g/mol. The Balaban J connectivity index is 1.63. The van der Waals surface area contributed by atoms with Gasteiger partial charge in [-0.1, -0.05) is 0 Å². The molecule has 0 spiro atoms. The molecule has 0 saturated heterocycles. The van der Waals surface area contributed by atoms with Crippen molar-refractivity contribution in [2.75, 3.05) is 6.61 Å². The van der Waals surface area contributed by atoms with Crippen LogP contribution in [0, 0.1) is 29.1 Å². The summed E-state index contributed by atoms with van der Waals surface area (Å²) < 4.78 is 89.4. The lowest BCUT2D eigenvalue weighted by Crippen LogP contribution is -2.60. The number of carbonyl (C=O) groups is 1. The highest BCUT2D eigenvalue weighted by atomic mass is 32.2. The minimum Gasteiger partial charge on any atom is -0.743 e. The molecule has 4 fully saturated rings. The fourth-order valence-electron chi connectivity index (χ4n) is 5.86. The molecule has 4 saturated carbocycles. The van der Waals surface area contributed by atoms with E-state index in [1.54, 1.807) is 13.8 Å². The predicted molar refractivity (Wildman–Crippen MR) is 90.9 cm³/mol. The fourth-order valence-corrected chi connectivity index (χ4v) is 6.33. The molecule has 4 aliphatic rings. The number of hydrogen-bond acceptors (Lipinski definition) is 6. The van der Waals surface area contributed by atoms with Gasteiger partial charge in [-0.05, 0) is 69.1 Å². The Kier molecular flexibility index (Phi) is 5.32. The van der Waals surface area contributed by atoms with Crippen LogP contribution in [0.3, 0.4) is 0 Å². The van der Waals surface area contributed by atoms with Crippen LogP contribution in [0.1, 0.15) is 52.4 Å². The molecule has 4 rings (SSSR count). The van der Waals surface area contributed by atoms with E-state index in [4.69, 9.17) is 4.74 Å². The molecular weight excluding hydrogens is 420 g/mol. The van der Waals surface area contributed by atoms with Crippen LogP contribution in [0.4, 0.5) is 17.6 Å². The van der Waals surface area contributed by atoms with Gasteiger partial charge < -0.3 is 14.4 Å². The zero-order chi connectivity index (χ0) is 22.0. The summed E-state index contributed by atoms with van der Waals surface area (Å²) in [4.78, 5) is 12.5. The van der Waals surface area contributed by atoms with Crippen molar-refractivity contribution in [2.45, 2.75) is 69.2 Å². The van der Waals surface area contributed by atoms with Crippen LogP contribution in [0.15, 0.2) is 0 Å². The standard InChI is InChI=1S/C18H26F4O6S/c1-15(2,24)16-7-10-5-11(8-16)13(12(6-10)9-16)14(23)28-4-3-17(19,20)18(21,22)29(25,26)27/h10-13,24H,3-9H2,1-2H3,(H,25,26,27)/p-1. The molecular formula is C18H25F4O6S-. The third-order valence-electron chi connectivity index (χ3n) is 7.24. The second-order valence-electron chi connectivity index (χ2n) is 9.43. The SMILES string of the molecule is CC(C)(O)C12CC3CC(C1)C(C(=O)OCCC(F)(F)C(F)(F)S(=O)(=O)[O-])C(C3)C2. The van der Waals surface area contributed by atoms with E-state index in [1.165, 1.54) is 0 Å². The highest BCUT2D eigenvalue weighted by Gasteiger charge is 2.63. The van der Waals surface area contributed by atoms with Crippen molar-refractivity contribution in [3.63, 3.8) is 0 Å². The minimum absolute atomic E-state index is 0.0795. The van der Waals surface area contributed by atoms with Gasteiger partial charge in [-0.15, -0.1) is 0 Å². The maximum atomic E-state index is 13.5. The van der Waals surface area contributed by atoms with Gasteiger partial charge in [0.1, 0.15) is 0 Å². The van der Waals surface area contributed by atoms with Gasteiger partial charge in [0.25, 0.3) is 0 Å². The number of halogens is 4.